The van der Waals surface area contributed by atoms with Crippen molar-refractivity contribution in [1.82, 2.24) is 4.72 Å². The molecule has 1 aromatic rings. The first-order valence-electron chi connectivity index (χ1n) is 6.71. The first-order chi connectivity index (χ1) is 9.34. The Hall–Kier alpha value is -1.27. The number of hydrogen-bond acceptors (Lipinski definition) is 4. The average Bonchev–Trinajstić information content (AvgIpc) is 2.45. The van der Waals surface area contributed by atoms with Crippen LogP contribution in [0, 0.1) is 0 Å². The van der Waals surface area contributed by atoms with Crippen molar-refractivity contribution in [3.8, 4) is 11.5 Å². The van der Waals surface area contributed by atoms with Gasteiger partial charge in [-0.25, -0.2) is 13.1 Å². The molecule has 1 N–H and O–H groups in total. The molecule has 0 unspecified atom stereocenters. The maximum atomic E-state index is 11.6. The fourth-order valence-electron chi connectivity index (χ4n) is 1.96. The predicted molar refractivity (Wildman–Crippen MR) is 77.9 cm³/mol. The predicted octanol–water partition coefficient (Wildman–Crippen LogP) is 1.67. The van der Waals surface area contributed by atoms with Crippen molar-refractivity contribution in [2.24, 2.45) is 0 Å². The minimum atomic E-state index is -3.18. The van der Waals surface area contributed by atoms with Gasteiger partial charge in [-0.3, -0.25) is 0 Å². The van der Waals surface area contributed by atoms with Crippen LogP contribution in [0.2, 0.25) is 0 Å². The zero-order chi connectivity index (χ0) is 14.8. The van der Waals surface area contributed by atoms with Gasteiger partial charge in [0, 0.05) is 12.0 Å². The highest BCUT2D eigenvalue weighted by Gasteiger charge is 2.25. The van der Waals surface area contributed by atoms with Gasteiger partial charge in [-0.2, -0.15) is 0 Å². The number of benzene rings is 1. The Morgan fingerprint density at radius 1 is 1.20 bits per heavy atom. The zero-order valence-electron chi connectivity index (χ0n) is 12.1. The highest BCUT2D eigenvalue weighted by Crippen LogP contribution is 2.34. The molecule has 0 aromatic heterocycles. The van der Waals surface area contributed by atoms with E-state index in [0.717, 1.165) is 17.1 Å². The Morgan fingerprint density at radius 3 is 2.50 bits per heavy atom. The molecule has 1 aliphatic rings. The summed E-state index contributed by atoms with van der Waals surface area (Å²) in [4.78, 5) is 0. The van der Waals surface area contributed by atoms with Crippen LogP contribution in [0.4, 0.5) is 0 Å². The van der Waals surface area contributed by atoms with E-state index in [-0.39, 0.29) is 11.2 Å². The van der Waals surface area contributed by atoms with Crippen LogP contribution in [0.3, 0.4) is 0 Å². The van der Waals surface area contributed by atoms with Crippen LogP contribution in [0.15, 0.2) is 18.2 Å². The average molecular weight is 299 g/mol. The molecule has 0 fully saturated rings. The van der Waals surface area contributed by atoms with Crippen molar-refractivity contribution in [1.29, 1.82) is 0 Å². The van der Waals surface area contributed by atoms with Gasteiger partial charge in [0.2, 0.25) is 10.0 Å². The van der Waals surface area contributed by atoms with E-state index in [1.165, 1.54) is 0 Å². The Labute approximate surface area is 120 Å². The van der Waals surface area contributed by atoms with Gasteiger partial charge in [-0.05, 0) is 24.6 Å². The third-order valence-electron chi connectivity index (χ3n) is 3.44. The molecule has 1 aromatic carbocycles. The van der Waals surface area contributed by atoms with Gasteiger partial charge in [0.05, 0.1) is 5.75 Å². The van der Waals surface area contributed by atoms with E-state index in [1.807, 2.05) is 32.0 Å². The molecule has 0 spiro atoms. The molecule has 1 aliphatic heterocycles. The lowest BCUT2D eigenvalue weighted by atomic mass is 9.84. The number of sulfonamides is 1. The van der Waals surface area contributed by atoms with Crippen LogP contribution < -0.4 is 14.2 Å². The minimum absolute atomic E-state index is 0.0875. The van der Waals surface area contributed by atoms with Gasteiger partial charge in [-0.1, -0.05) is 19.9 Å². The molecule has 0 saturated heterocycles. The molecule has 0 amide bonds. The molecule has 0 radical (unpaired) electrons. The molecule has 20 heavy (non-hydrogen) atoms. The summed E-state index contributed by atoms with van der Waals surface area (Å²) in [7, 11) is -3.18. The number of hydrogen-bond donors (Lipinski definition) is 1. The third-order valence-corrected chi connectivity index (χ3v) is 4.78. The van der Waals surface area contributed by atoms with E-state index in [2.05, 4.69) is 4.72 Å². The van der Waals surface area contributed by atoms with Crippen molar-refractivity contribution in [2.45, 2.75) is 26.2 Å². The second kappa shape index (κ2) is 5.61. The fraction of sp³-hybridized carbons (Fsp3) is 0.571. The summed E-state index contributed by atoms with van der Waals surface area (Å²) >= 11 is 0. The first-order valence-corrected chi connectivity index (χ1v) is 8.37. The number of nitrogens with one attached hydrogen (secondary N) is 1. The summed E-state index contributed by atoms with van der Waals surface area (Å²) in [5.41, 5.74) is 0.693. The van der Waals surface area contributed by atoms with E-state index in [4.69, 9.17) is 9.47 Å². The van der Waals surface area contributed by atoms with E-state index in [1.54, 1.807) is 6.92 Å². The van der Waals surface area contributed by atoms with E-state index in [9.17, 15) is 8.42 Å². The summed E-state index contributed by atoms with van der Waals surface area (Å²) in [5.74, 6) is 1.55. The molecule has 5 nitrogen and oxygen atoms in total. The second-order valence-corrected chi connectivity index (χ2v) is 7.56. The summed E-state index contributed by atoms with van der Waals surface area (Å²) in [6.07, 6.45) is 0. The Balaban J connectivity index is 2.17. The summed E-state index contributed by atoms with van der Waals surface area (Å²) in [6, 6.07) is 5.75. The lowest BCUT2D eigenvalue weighted by molar-refractivity contribution is 0.171. The topological polar surface area (TPSA) is 64.6 Å². The molecule has 1 heterocycles. The van der Waals surface area contributed by atoms with Crippen LogP contribution >= 0.6 is 0 Å². The molecule has 112 valence electrons. The standard InChI is InChI=1S/C14H21NO4S/c1-4-20(16,17)15-10-14(2,3)11-5-6-12-13(9-11)19-8-7-18-12/h5-6,9,15H,4,7-8,10H2,1-3H3. The molecule has 6 heteroatoms. The van der Waals surface area contributed by atoms with Crippen LogP contribution in [-0.2, 0) is 15.4 Å². The zero-order valence-corrected chi connectivity index (χ0v) is 12.9. The minimum Gasteiger partial charge on any atom is -0.486 e. The lowest BCUT2D eigenvalue weighted by Crippen LogP contribution is -2.37. The van der Waals surface area contributed by atoms with Gasteiger partial charge in [0.25, 0.3) is 0 Å². The molecule has 0 bridgehead atoms. The second-order valence-electron chi connectivity index (χ2n) is 5.47. The number of rotatable bonds is 5. The van der Waals surface area contributed by atoms with E-state index >= 15 is 0 Å². The normalized spacial score (nSPS) is 15.2. The smallest absolute Gasteiger partial charge is 0.211 e. The summed E-state index contributed by atoms with van der Waals surface area (Å²) in [5, 5.41) is 0. The van der Waals surface area contributed by atoms with Gasteiger partial charge in [0.15, 0.2) is 11.5 Å². The first kappa shape index (κ1) is 15.1. The maximum absolute atomic E-state index is 11.6. The maximum Gasteiger partial charge on any atom is 0.211 e. The lowest BCUT2D eigenvalue weighted by Gasteiger charge is -2.27. The molecular weight excluding hydrogens is 278 g/mol. The van der Waals surface area contributed by atoms with Crippen LogP contribution in [0.25, 0.3) is 0 Å². The van der Waals surface area contributed by atoms with Crippen molar-refractivity contribution < 1.29 is 17.9 Å². The largest absolute Gasteiger partial charge is 0.486 e. The van der Waals surface area contributed by atoms with Gasteiger partial charge >= 0.3 is 0 Å². The van der Waals surface area contributed by atoms with E-state index in [0.29, 0.717) is 19.8 Å². The molecule has 0 saturated carbocycles. The van der Waals surface area contributed by atoms with Gasteiger partial charge in [0.1, 0.15) is 13.2 Å². The molecule has 2 rings (SSSR count). The van der Waals surface area contributed by atoms with E-state index < -0.39 is 10.0 Å². The van der Waals surface area contributed by atoms with Gasteiger partial charge in [-0.15, -0.1) is 0 Å². The van der Waals surface area contributed by atoms with Crippen LogP contribution in [-0.4, -0.2) is 33.9 Å². The Bertz CT molecular complexity index is 581. The van der Waals surface area contributed by atoms with Crippen LogP contribution in [0.1, 0.15) is 26.3 Å². The number of fused-ring (bicyclic) bond motifs is 1. The quantitative estimate of drug-likeness (QED) is 0.898. The number of ether oxygens (including phenoxy) is 2. The Kier molecular flexibility index (Phi) is 4.25. The van der Waals surface area contributed by atoms with Crippen molar-refractivity contribution in [3.05, 3.63) is 23.8 Å². The van der Waals surface area contributed by atoms with Crippen molar-refractivity contribution in [2.75, 3.05) is 25.5 Å². The summed E-state index contributed by atoms with van der Waals surface area (Å²) in [6.45, 7) is 7.07. The van der Waals surface area contributed by atoms with Crippen molar-refractivity contribution >= 4 is 10.0 Å². The SMILES string of the molecule is CCS(=O)(=O)NCC(C)(C)c1ccc2c(c1)OCCO2. The van der Waals surface area contributed by atoms with Crippen molar-refractivity contribution in [3.63, 3.8) is 0 Å². The summed E-state index contributed by atoms with van der Waals surface area (Å²) < 4.78 is 36.8. The Morgan fingerprint density at radius 2 is 1.85 bits per heavy atom. The molecule has 0 aliphatic carbocycles. The highest BCUT2D eigenvalue weighted by atomic mass is 32.2. The highest BCUT2D eigenvalue weighted by molar-refractivity contribution is 7.89. The van der Waals surface area contributed by atoms with Crippen LogP contribution in [0.5, 0.6) is 11.5 Å². The molecular formula is C14H21NO4S. The monoisotopic (exact) mass is 299 g/mol. The molecule has 0 atom stereocenters. The third kappa shape index (κ3) is 3.43. The fourth-order valence-corrected chi connectivity index (χ4v) is 2.74. The van der Waals surface area contributed by atoms with Gasteiger partial charge < -0.3 is 9.47 Å².